The number of nitro groups is 3. The molecule has 0 saturated heterocycles. The number of carbonyl (C=O) groups excluding carboxylic acids is 3. The van der Waals surface area contributed by atoms with Crippen molar-refractivity contribution in [2.45, 2.75) is 0 Å². The van der Waals surface area contributed by atoms with Crippen LogP contribution in [0.1, 0.15) is 5.56 Å². The summed E-state index contributed by atoms with van der Waals surface area (Å²) in [5, 5.41) is 40.6. The van der Waals surface area contributed by atoms with Crippen LogP contribution < -0.4 is 10.3 Å². The molecule has 1 atom stereocenters. The number of hydrogen-bond donors (Lipinski definition) is 1. The zero-order valence-corrected chi connectivity index (χ0v) is 18.9. The number of hydrazone groups is 1. The van der Waals surface area contributed by atoms with Crippen molar-refractivity contribution in [2.24, 2.45) is 11.0 Å². The molecular weight excluding hydrogens is 504 g/mol. The first-order valence-electron chi connectivity index (χ1n) is 10.6. The second-order valence-electron chi connectivity index (χ2n) is 7.75. The molecule has 2 amide bonds. The molecule has 38 heavy (non-hydrogen) atoms. The molecule has 1 N–H and O–H groups in total. The molecule has 0 radical (unpaired) electrons. The summed E-state index contributed by atoms with van der Waals surface area (Å²) in [6.45, 7) is 0. The molecule has 15 nitrogen and oxygen atoms in total. The Balaban J connectivity index is 1.74. The van der Waals surface area contributed by atoms with Crippen molar-refractivity contribution in [2.75, 3.05) is 10.3 Å². The van der Waals surface area contributed by atoms with Gasteiger partial charge in [0.1, 0.15) is 5.69 Å². The van der Waals surface area contributed by atoms with Crippen LogP contribution in [0.3, 0.4) is 0 Å². The van der Waals surface area contributed by atoms with Gasteiger partial charge in [0.25, 0.3) is 23.2 Å². The predicted octanol–water partition coefficient (Wildman–Crippen LogP) is 2.99. The highest BCUT2D eigenvalue weighted by molar-refractivity contribution is 6.51. The lowest BCUT2D eigenvalue weighted by Crippen LogP contribution is -2.39. The van der Waals surface area contributed by atoms with Crippen molar-refractivity contribution in [3.63, 3.8) is 0 Å². The van der Waals surface area contributed by atoms with E-state index in [1.165, 1.54) is 30.3 Å². The first-order valence-corrected chi connectivity index (χ1v) is 10.6. The lowest BCUT2D eigenvalue weighted by Gasteiger charge is -2.14. The maximum absolute atomic E-state index is 13.4. The second-order valence-corrected chi connectivity index (χ2v) is 7.75. The highest BCUT2D eigenvalue weighted by atomic mass is 16.6. The molecule has 0 bridgehead atoms. The van der Waals surface area contributed by atoms with E-state index >= 15 is 0 Å². The molecule has 190 valence electrons. The Kier molecular flexibility index (Phi) is 6.65. The number of amides is 2. The van der Waals surface area contributed by atoms with Gasteiger partial charge in [-0.25, -0.2) is 0 Å². The number of nitrogens with one attached hydrogen (secondary N) is 1. The molecule has 0 spiro atoms. The van der Waals surface area contributed by atoms with Gasteiger partial charge in [0, 0.05) is 23.9 Å². The summed E-state index contributed by atoms with van der Waals surface area (Å²) in [6.07, 6.45) is 0. The summed E-state index contributed by atoms with van der Waals surface area (Å²) in [5.41, 5.74) is -2.24. The molecule has 1 aliphatic rings. The summed E-state index contributed by atoms with van der Waals surface area (Å²) in [6, 6.07) is 15.1. The van der Waals surface area contributed by atoms with Gasteiger partial charge in [-0.05, 0) is 17.7 Å². The Hall–Kier alpha value is -5.86. The van der Waals surface area contributed by atoms with Gasteiger partial charge in [-0.15, -0.1) is 0 Å². The molecule has 1 unspecified atom stereocenters. The van der Waals surface area contributed by atoms with Crippen molar-refractivity contribution in [1.82, 2.24) is 0 Å². The van der Waals surface area contributed by atoms with Crippen LogP contribution >= 0.6 is 0 Å². The molecule has 15 heteroatoms. The van der Waals surface area contributed by atoms with Gasteiger partial charge in [0.05, 0.1) is 26.5 Å². The van der Waals surface area contributed by atoms with Gasteiger partial charge in [-0.1, -0.05) is 36.4 Å². The van der Waals surface area contributed by atoms with E-state index < -0.39 is 55.3 Å². The Morgan fingerprint density at radius 3 is 2.11 bits per heavy atom. The van der Waals surface area contributed by atoms with E-state index in [-0.39, 0.29) is 22.6 Å². The normalized spacial score (nSPS) is 14.5. The van der Waals surface area contributed by atoms with Crippen molar-refractivity contribution >= 4 is 51.7 Å². The highest BCUT2D eigenvalue weighted by Crippen LogP contribution is 2.36. The van der Waals surface area contributed by atoms with Gasteiger partial charge in [-0.3, -0.25) is 44.7 Å². The third-order valence-corrected chi connectivity index (χ3v) is 5.40. The zero-order valence-electron chi connectivity index (χ0n) is 18.9. The molecule has 3 aromatic carbocycles. The number of nitrogens with zero attached hydrogens (tertiary/aromatic N) is 5. The maximum Gasteiger partial charge on any atom is 0.301 e. The van der Waals surface area contributed by atoms with Crippen LogP contribution in [0, 0.1) is 36.3 Å². The molecule has 0 aliphatic carbocycles. The minimum Gasteiger partial charge on any atom is -0.319 e. The Labute approximate surface area is 211 Å². The second kappa shape index (κ2) is 10.0. The molecule has 1 aliphatic heterocycles. The maximum atomic E-state index is 13.4. The smallest absolute Gasteiger partial charge is 0.301 e. The van der Waals surface area contributed by atoms with Crippen molar-refractivity contribution in [3.8, 4) is 0 Å². The van der Waals surface area contributed by atoms with E-state index in [0.29, 0.717) is 11.1 Å². The minimum atomic E-state index is -1.83. The van der Waals surface area contributed by atoms with Crippen LogP contribution in [-0.4, -0.2) is 38.1 Å². The molecule has 3 aromatic rings. The average Bonchev–Trinajstić information content (AvgIpc) is 3.25. The van der Waals surface area contributed by atoms with Crippen molar-refractivity contribution in [1.29, 1.82) is 0 Å². The molecular formula is C23H14N6O9. The summed E-state index contributed by atoms with van der Waals surface area (Å²) in [7, 11) is 0. The fourth-order valence-corrected chi connectivity index (χ4v) is 3.67. The summed E-state index contributed by atoms with van der Waals surface area (Å²) in [4.78, 5) is 70.6. The molecule has 0 aromatic heterocycles. The van der Waals surface area contributed by atoms with Crippen LogP contribution in [0.2, 0.25) is 0 Å². The largest absolute Gasteiger partial charge is 0.319 e. The van der Waals surface area contributed by atoms with E-state index in [9.17, 15) is 44.7 Å². The lowest BCUT2D eigenvalue weighted by atomic mass is 9.92. The Morgan fingerprint density at radius 2 is 1.47 bits per heavy atom. The monoisotopic (exact) mass is 518 g/mol. The van der Waals surface area contributed by atoms with Crippen LogP contribution in [0.5, 0.6) is 0 Å². The van der Waals surface area contributed by atoms with E-state index in [1.807, 2.05) is 0 Å². The minimum absolute atomic E-state index is 0.0796. The molecule has 0 fully saturated rings. The fraction of sp³-hybridized carbons (Fsp3) is 0.0435. The number of carbonyl (C=O) groups is 3. The van der Waals surface area contributed by atoms with E-state index in [4.69, 9.17) is 0 Å². The van der Waals surface area contributed by atoms with Crippen molar-refractivity contribution in [3.05, 3.63) is 109 Å². The van der Waals surface area contributed by atoms with Crippen LogP contribution in [-0.2, 0) is 14.4 Å². The first-order chi connectivity index (χ1) is 18.1. The standard InChI is InChI=1S/C23H14N6O9/c30-21(22(31)24-14-7-4-8-15(11-14)27(33)34)19-20(13-5-2-1-3-6-13)25-26(23(19)32)17-10-9-16(28(35)36)12-18(17)29(37)38/h1-12,19H,(H,24,31). The summed E-state index contributed by atoms with van der Waals surface area (Å²) < 4.78 is 0. The number of hydrogen-bond acceptors (Lipinski definition) is 10. The molecule has 1 heterocycles. The number of benzene rings is 3. The quantitative estimate of drug-likeness (QED) is 0.201. The van der Waals surface area contributed by atoms with Gasteiger partial charge < -0.3 is 5.32 Å². The predicted molar refractivity (Wildman–Crippen MR) is 130 cm³/mol. The van der Waals surface area contributed by atoms with Crippen LogP contribution in [0.4, 0.5) is 28.4 Å². The third-order valence-electron chi connectivity index (χ3n) is 5.40. The molecule has 0 saturated carbocycles. The number of anilines is 2. The van der Waals surface area contributed by atoms with Crippen molar-refractivity contribution < 1.29 is 29.2 Å². The number of ketones is 1. The van der Waals surface area contributed by atoms with E-state index in [1.54, 1.807) is 18.2 Å². The van der Waals surface area contributed by atoms with Gasteiger partial charge in [0.15, 0.2) is 5.92 Å². The SMILES string of the molecule is O=C(Nc1cccc([N+](=O)[O-])c1)C(=O)C1C(=O)N(c2ccc([N+](=O)[O-])cc2[N+](=O)[O-])N=C1c1ccccc1. The first kappa shape index (κ1) is 25.2. The van der Waals surface area contributed by atoms with Gasteiger partial charge in [-0.2, -0.15) is 10.1 Å². The number of Topliss-reactive ketones (excluding diaryl/α,β-unsaturated/α-hetero) is 1. The average molecular weight is 518 g/mol. The van der Waals surface area contributed by atoms with Crippen LogP contribution in [0.25, 0.3) is 0 Å². The Bertz CT molecular complexity index is 1550. The Morgan fingerprint density at radius 1 is 0.816 bits per heavy atom. The number of rotatable bonds is 8. The van der Waals surface area contributed by atoms with E-state index in [2.05, 4.69) is 10.4 Å². The fourth-order valence-electron chi connectivity index (χ4n) is 3.67. The molecule has 4 rings (SSSR count). The van der Waals surface area contributed by atoms with Gasteiger partial charge >= 0.3 is 5.69 Å². The number of nitro benzene ring substituents is 3. The highest BCUT2D eigenvalue weighted by Gasteiger charge is 2.46. The lowest BCUT2D eigenvalue weighted by molar-refractivity contribution is -0.393. The van der Waals surface area contributed by atoms with E-state index in [0.717, 1.165) is 18.2 Å². The summed E-state index contributed by atoms with van der Waals surface area (Å²) >= 11 is 0. The van der Waals surface area contributed by atoms with Crippen LogP contribution in [0.15, 0.2) is 77.9 Å². The summed E-state index contributed by atoms with van der Waals surface area (Å²) in [5.74, 6) is -5.51. The topological polar surface area (TPSA) is 208 Å². The number of non-ortho nitro benzene ring substituents is 2. The zero-order chi connectivity index (χ0) is 27.6. The van der Waals surface area contributed by atoms with Gasteiger partial charge in [0.2, 0.25) is 5.78 Å². The third kappa shape index (κ3) is 4.78.